The zero-order valence-electron chi connectivity index (χ0n) is 14.0. The van der Waals surface area contributed by atoms with E-state index < -0.39 is 11.4 Å². The molecule has 3 aliphatic heterocycles. The average Bonchev–Trinajstić information content (AvgIpc) is 2.86. The fourth-order valence-electron chi connectivity index (χ4n) is 4.36. The topological polar surface area (TPSA) is 65.1 Å². The number of hydrogen-bond donors (Lipinski definition) is 0. The van der Waals surface area contributed by atoms with Gasteiger partial charge in [0.15, 0.2) is 11.5 Å². The largest absolute Gasteiger partial charge is 0.493 e. The van der Waals surface area contributed by atoms with E-state index in [-0.39, 0.29) is 18.4 Å². The molecule has 0 radical (unpaired) electrons. The Bertz CT molecular complexity index is 716. The van der Waals surface area contributed by atoms with Gasteiger partial charge in [0.05, 0.1) is 26.1 Å². The number of fused-ring (bicyclic) bond motifs is 3. The van der Waals surface area contributed by atoms with Crippen molar-refractivity contribution in [2.24, 2.45) is 5.41 Å². The molecule has 0 aromatic heterocycles. The average molecular weight is 331 g/mol. The third-order valence-corrected chi connectivity index (χ3v) is 5.70. The summed E-state index contributed by atoms with van der Waals surface area (Å²) in [5.41, 5.74) is 1.74. The molecule has 2 saturated heterocycles. The minimum Gasteiger partial charge on any atom is -0.493 e. The van der Waals surface area contributed by atoms with Crippen LogP contribution in [-0.4, -0.2) is 44.1 Å². The summed E-state index contributed by atoms with van der Waals surface area (Å²) in [6, 6.07) is 4.16. The number of carbonyl (C=O) groups excluding carboxylic acids is 2. The van der Waals surface area contributed by atoms with Gasteiger partial charge < -0.3 is 14.2 Å². The summed E-state index contributed by atoms with van der Waals surface area (Å²) >= 11 is 0. The van der Waals surface area contributed by atoms with Crippen molar-refractivity contribution in [3.8, 4) is 11.5 Å². The van der Waals surface area contributed by atoms with Gasteiger partial charge in [0.2, 0.25) is 0 Å². The number of hydrogen-bond acceptors (Lipinski definition) is 6. The van der Waals surface area contributed by atoms with Crippen molar-refractivity contribution >= 4 is 11.9 Å². The highest BCUT2D eigenvalue weighted by molar-refractivity contribution is 5.97. The standard InChI is InChI=1S/C18H21NO5/c1-22-14-7-11-3-5-19-6-4-18(10-16(20)24-17(18)21)9-13(19)12(11)8-15(14)23-2/h7-8,13H,3-6,9-10H2,1-2H3. The Labute approximate surface area is 140 Å². The van der Waals surface area contributed by atoms with Crippen molar-refractivity contribution in [1.82, 2.24) is 4.90 Å². The number of ether oxygens (including phenoxy) is 3. The molecular weight excluding hydrogens is 310 g/mol. The number of benzene rings is 1. The van der Waals surface area contributed by atoms with Crippen molar-refractivity contribution < 1.29 is 23.8 Å². The molecule has 0 N–H and O–H groups in total. The molecule has 0 aliphatic carbocycles. The van der Waals surface area contributed by atoms with E-state index in [2.05, 4.69) is 4.90 Å². The van der Waals surface area contributed by atoms with Crippen LogP contribution < -0.4 is 9.47 Å². The maximum absolute atomic E-state index is 12.3. The fraction of sp³-hybridized carbons (Fsp3) is 0.556. The predicted octanol–water partition coefficient (Wildman–Crippen LogP) is 1.86. The summed E-state index contributed by atoms with van der Waals surface area (Å²) in [7, 11) is 3.26. The van der Waals surface area contributed by atoms with Crippen LogP contribution in [0.25, 0.3) is 0 Å². The van der Waals surface area contributed by atoms with Gasteiger partial charge in [0.25, 0.3) is 0 Å². The number of rotatable bonds is 2. The number of carbonyl (C=O) groups is 2. The van der Waals surface area contributed by atoms with Crippen LogP contribution in [0.1, 0.15) is 36.4 Å². The lowest BCUT2D eigenvalue weighted by Crippen LogP contribution is -2.47. The Morgan fingerprint density at radius 2 is 1.92 bits per heavy atom. The van der Waals surface area contributed by atoms with Gasteiger partial charge in [-0.15, -0.1) is 0 Å². The lowest BCUT2D eigenvalue weighted by atomic mass is 9.71. The van der Waals surface area contributed by atoms with Gasteiger partial charge in [0, 0.05) is 12.6 Å². The third-order valence-electron chi connectivity index (χ3n) is 5.70. The van der Waals surface area contributed by atoms with Crippen LogP contribution in [0.4, 0.5) is 0 Å². The maximum Gasteiger partial charge on any atom is 0.320 e. The summed E-state index contributed by atoms with van der Waals surface area (Å²) in [6.45, 7) is 1.76. The molecule has 3 heterocycles. The van der Waals surface area contributed by atoms with Crippen molar-refractivity contribution in [1.29, 1.82) is 0 Å². The highest BCUT2D eigenvalue weighted by Gasteiger charge is 2.54. The van der Waals surface area contributed by atoms with Gasteiger partial charge in [-0.3, -0.25) is 14.5 Å². The van der Waals surface area contributed by atoms with Crippen molar-refractivity contribution in [3.63, 3.8) is 0 Å². The second-order valence-electron chi connectivity index (χ2n) is 6.88. The van der Waals surface area contributed by atoms with E-state index in [0.29, 0.717) is 18.6 Å². The molecule has 0 bridgehead atoms. The summed E-state index contributed by atoms with van der Waals surface area (Å²) in [4.78, 5) is 26.3. The number of methoxy groups -OCH3 is 2. The molecule has 1 aromatic carbocycles. The maximum atomic E-state index is 12.3. The molecule has 1 aromatic rings. The van der Waals surface area contributed by atoms with E-state index in [1.807, 2.05) is 12.1 Å². The molecule has 24 heavy (non-hydrogen) atoms. The van der Waals surface area contributed by atoms with Gasteiger partial charge in [-0.25, -0.2) is 0 Å². The quantitative estimate of drug-likeness (QED) is 0.609. The molecule has 2 unspecified atom stereocenters. The Hall–Kier alpha value is -2.08. The van der Waals surface area contributed by atoms with E-state index in [1.54, 1.807) is 14.2 Å². The smallest absolute Gasteiger partial charge is 0.320 e. The monoisotopic (exact) mass is 331 g/mol. The first kappa shape index (κ1) is 15.4. The Morgan fingerprint density at radius 3 is 2.58 bits per heavy atom. The van der Waals surface area contributed by atoms with E-state index >= 15 is 0 Å². The zero-order valence-corrected chi connectivity index (χ0v) is 14.0. The first-order valence-corrected chi connectivity index (χ1v) is 8.30. The number of cyclic esters (lactones) is 2. The highest BCUT2D eigenvalue weighted by atomic mass is 16.6. The van der Waals surface area contributed by atoms with E-state index in [0.717, 1.165) is 25.3 Å². The molecule has 2 fully saturated rings. The minimum atomic E-state index is -0.653. The summed E-state index contributed by atoms with van der Waals surface area (Å²) in [5, 5.41) is 0. The van der Waals surface area contributed by atoms with Crippen molar-refractivity contribution in [2.45, 2.75) is 31.7 Å². The van der Waals surface area contributed by atoms with Crippen LogP contribution in [-0.2, 0) is 20.7 Å². The summed E-state index contributed by atoms with van der Waals surface area (Å²) < 4.78 is 15.7. The van der Waals surface area contributed by atoms with E-state index in [9.17, 15) is 9.59 Å². The minimum absolute atomic E-state index is 0.112. The second-order valence-corrected chi connectivity index (χ2v) is 6.88. The molecule has 6 heteroatoms. The SMILES string of the molecule is COc1cc2c(cc1OC)C1CC3(CCN1CC2)CC(=O)OC3=O. The fourth-order valence-corrected chi connectivity index (χ4v) is 4.36. The molecule has 1 spiro atoms. The second kappa shape index (κ2) is 5.48. The molecule has 0 saturated carbocycles. The molecule has 0 amide bonds. The van der Waals surface area contributed by atoms with Gasteiger partial charge in [0.1, 0.15) is 0 Å². The zero-order chi connectivity index (χ0) is 16.9. The summed E-state index contributed by atoms with van der Waals surface area (Å²) in [6.07, 6.45) is 2.47. The van der Waals surface area contributed by atoms with Gasteiger partial charge in [-0.05, 0) is 49.1 Å². The summed E-state index contributed by atoms with van der Waals surface area (Å²) in [5.74, 6) is 0.685. The molecule has 3 aliphatic rings. The number of nitrogens with zero attached hydrogens (tertiary/aromatic N) is 1. The van der Waals surface area contributed by atoms with Crippen LogP contribution in [0.15, 0.2) is 12.1 Å². The Morgan fingerprint density at radius 1 is 1.17 bits per heavy atom. The van der Waals surface area contributed by atoms with Crippen molar-refractivity contribution in [3.05, 3.63) is 23.3 Å². The normalized spacial score (nSPS) is 29.2. The van der Waals surface area contributed by atoms with Crippen LogP contribution in [0.3, 0.4) is 0 Å². The van der Waals surface area contributed by atoms with Crippen molar-refractivity contribution in [2.75, 3.05) is 27.3 Å². The van der Waals surface area contributed by atoms with E-state index in [4.69, 9.17) is 14.2 Å². The highest BCUT2D eigenvalue weighted by Crippen LogP contribution is 2.50. The van der Waals surface area contributed by atoms with Gasteiger partial charge in [-0.1, -0.05) is 0 Å². The molecule has 6 nitrogen and oxygen atoms in total. The Kier molecular flexibility index (Phi) is 3.53. The van der Waals surface area contributed by atoms with Crippen LogP contribution in [0.2, 0.25) is 0 Å². The molecular formula is C18H21NO5. The Balaban J connectivity index is 1.73. The van der Waals surface area contributed by atoms with E-state index in [1.165, 1.54) is 11.1 Å². The lowest BCUT2D eigenvalue weighted by Gasteiger charge is -2.46. The third kappa shape index (κ3) is 2.20. The van der Waals surface area contributed by atoms with Gasteiger partial charge >= 0.3 is 11.9 Å². The molecule has 2 atom stereocenters. The van der Waals surface area contributed by atoms with Crippen LogP contribution in [0, 0.1) is 5.41 Å². The lowest BCUT2D eigenvalue weighted by molar-refractivity contribution is -0.156. The molecule has 128 valence electrons. The number of piperidine rings is 1. The number of esters is 2. The first-order valence-electron chi connectivity index (χ1n) is 8.30. The first-order chi connectivity index (χ1) is 11.6. The predicted molar refractivity (Wildman–Crippen MR) is 84.9 cm³/mol. The van der Waals surface area contributed by atoms with Crippen LogP contribution in [0.5, 0.6) is 11.5 Å². The molecule has 4 rings (SSSR count). The van der Waals surface area contributed by atoms with Gasteiger partial charge in [-0.2, -0.15) is 0 Å². The van der Waals surface area contributed by atoms with Crippen LogP contribution >= 0.6 is 0 Å².